The zero-order valence-corrected chi connectivity index (χ0v) is 13.3. The van der Waals surface area contributed by atoms with Crippen LogP contribution in [0.15, 0.2) is 34.0 Å². The molecular formula is C15H14N8O2. The van der Waals surface area contributed by atoms with E-state index in [2.05, 4.69) is 41.8 Å². The van der Waals surface area contributed by atoms with Crippen LogP contribution in [-0.2, 0) is 6.42 Å². The van der Waals surface area contributed by atoms with Crippen molar-refractivity contribution >= 4 is 17.4 Å². The van der Waals surface area contributed by atoms with Gasteiger partial charge in [0.25, 0.3) is 5.91 Å². The number of fused-ring (bicyclic) bond motifs is 1. The molecule has 2 heterocycles. The van der Waals surface area contributed by atoms with Gasteiger partial charge in [0.05, 0.1) is 11.4 Å². The van der Waals surface area contributed by atoms with Crippen molar-refractivity contribution in [3.8, 4) is 5.82 Å². The lowest BCUT2D eigenvalue weighted by molar-refractivity contribution is 0.0949. The summed E-state index contributed by atoms with van der Waals surface area (Å²) in [5.74, 6) is -0.224. The monoisotopic (exact) mass is 338 g/mol. The smallest absolute Gasteiger partial charge is 0.293 e. The largest absolute Gasteiger partial charge is 0.378 e. The molecule has 4 rings (SSSR count). The van der Waals surface area contributed by atoms with Crippen molar-refractivity contribution in [1.82, 2.24) is 30.7 Å². The number of hydrogen-bond acceptors (Lipinski definition) is 8. The van der Waals surface area contributed by atoms with E-state index in [-0.39, 0.29) is 17.3 Å². The number of carbonyl (C=O) groups excluding carboxylic acids is 1. The molecule has 0 saturated heterocycles. The SMILES string of the molecule is Cc1c(C(=O)NN=C2CCc3ccccc32)nnn1-c1nonc1N. The summed E-state index contributed by atoms with van der Waals surface area (Å²) in [4.78, 5) is 12.4. The van der Waals surface area contributed by atoms with Crippen LogP contribution in [0.25, 0.3) is 5.82 Å². The molecule has 0 spiro atoms. The van der Waals surface area contributed by atoms with Crippen LogP contribution >= 0.6 is 0 Å². The summed E-state index contributed by atoms with van der Waals surface area (Å²) >= 11 is 0. The third kappa shape index (κ3) is 2.53. The number of aryl methyl sites for hydroxylation is 1. The van der Waals surface area contributed by atoms with Crippen molar-refractivity contribution in [1.29, 1.82) is 0 Å². The van der Waals surface area contributed by atoms with Gasteiger partial charge in [0.15, 0.2) is 5.69 Å². The molecule has 1 amide bonds. The molecule has 0 atom stereocenters. The Bertz CT molecular complexity index is 987. The lowest BCUT2D eigenvalue weighted by Crippen LogP contribution is -2.21. The second kappa shape index (κ2) is 5.82. The maximum absolute atomic E-state index is 12.4. The Balaban J connectivity index is 1.56. The Morgan fingerprint density at radius 1 is 1.32 bits per heavy atom. The first-order valence-electron chi connectivity index (χ1n) is 7.61. The van der Waals surface area contributed by atoms with Crippen LogP contribution in [0.2, 0.25) is 0 Å². The summed E-state index contributed by atoms with van der Waals surface area (Å²) in [6.45, 7) is 1.67. The van der Waals surface area contributed by atoms with Gasteiger partial charge in [-0.25, -0.2) is 10.1 Å². The highest BCUT2D eigenvalue weighted by Gasteiger charge is 2.22. The van der Waals surface area contributed by atoms with Gasteiger partial charge in [-0.15, -0.1) is 5.10 Å². The number of carbonyl (C=O) groups is 1. The Hall–Kier alpha value is -3.56. The number of amides is 1. The summed E-state index contributed by atoms with van der Waals surface area (Å²) in [5.41, 5.74) is 11.9. The van der Waals surface area contributed by atoms with E-state index in [0.29, 0.717) is 5.69 Å². The zero-order valence-electron chi connectivity index (χ0n) is 13.3. The normalized spacial score (nSPS) is 14.7. The minimum atomic E-state index is -0.462. The molecule has 1 aliphatic carbocycles. The lowest BCUT2D eigenvalue weighted by Gasteiger charge is -2.02. The van der Waals surface area contributed by atoms with Crippen molar-refractivity contribution in [3.05, 3.63) is 46.8 Å². The number of rotatable bonds is 3. The van der Waals surface area contributed by atoms with E-state index in [4.69, 9.17) is 5.73 Å². The number of nitrogens with two attached hydrogens (primary N) is 1. The maximum Gasteiger partial charge on any atom is 0.293 e. The van der Waals surface area contributed by atoms with E-state index in [1.165, 1.54) is 10.2 Å². The number of anilines is 1. The number of hydrogen-bond donors (Lipinski definition) is 2. The van der Waals surface area contributed by atoms with E-state index in [1.54, 1.807) is 6.92 Å². The van der Waals surface area contributed by atoms with Crippen LogP contribution in [0.3, 0.4) is 0 Å². The fourth-order valence-corrected chi connectivity index (χ4v) is 2.77. The predicted molar refractivity (Wildman–Crippen MR) is 87.1 cm³/mol. The van der Waals surface area contributed by atoms with Gasteiger partial charge in [0.2, 0.25) is 11.6 Å². The van der Waals surface area contributed by atoms with Gasteiger partial charge in [0.1, 0.15) is 0 Å². The Labute approximate surface area is 141 Å². The molecule has 1 aliphatic rings. The minimum Gasteiger partial charge on any atom is -0.378 e. The topological polar surface area (TPSA) is 137 Å². The van der Waals surface area contributed by atoms with Crippen LogP contribution in [0.4, 0.5) is 5.82 Å². The standard InChI is InChI=1S/C15H14N8O2/c1-8-12(18-22-23(8)14-13(16)20-25-21-14)15(24)19-17-11-7-6-9-4-2-3-5-10(9)11/h2-5H,6-7H2,1H3,(H2,16,20)(H,19,24). The number of hydrazone groups is 1. The molecule has 0 saturated carbocycles. The van der Waals surface area contributed by atoms with Crippen molar-refractivity contribution < 1.29 is 9.42 Å². The van der Waals surface area contributed by atoms with Crippen molar-refractivity contribution in [3.63, 3.8) is 0 Å². The van der Waals surface area contributed by atoms with Crippen LogP contribution in [0, 0.1) is 6.92 Å². The summed E-state index contributed by atoms with van der Waals surface area (Å²) < 4.78 is 5.83. The number of aromatic nitrogens is 5. The molecule has 3 N–H and O–H groups in total. The number of nitrogens with one attached hydrogen (secondary N) is 1. The third-order valence-corrected chi connectivity index (χ3v) is 4.06. The molecule has 0 unspecified atom stereocenters. The first-order chi connectivity index (χ1) is 12.1. The Morgan fingerprint density at radius 3 is 2.96 bits per heavy atom. The molecule has 2 aromatic heterocycles. The van der Waals surface area contributed by atoms with E-state index in [0.717, 1.165) is 24.1 Å². The highest BCUT2D eigenvalue weighted by Crippen LogP contribution is 2.21. The molecular weight excluding hydrogens is 324 g/mol. The van der Waals surface area contributed by atoms with E-state index >= 15 is 0 Å². The van der Waals surface area contributed by atoms with E-state index in [9.17, 15) is 4.79 Å². The lowest BCUT2D eigenvalue weighted by atomic mass is 10.1. The molecule has 10 nitrogen and oxygen atoms in total. The fraction of sp³-hybridized carbons (Fsp3) is 0.200. The average Bonchev–Trinajstić information content (AvgIpc) is 3.31. The van der Waals surface area contributed by atoms with Crippen molar-refractivity contribution in [2.75, 3.05) is 5.73 Å². The van der Waals surface area contributed by atoms with Crippen LogP contribution in [0.1, 0.15) is 33.7 Å². The summed E-state index contributed by atoms with van der Waals surface area (Å²) in [5, 5.41) is 19.1. The number of benzene rings is 1. The van der Waals surface area contributed by atoms with Crippen molar-refractivity contribution in [2.45, 2.75) is 19.8 Å². The maximum atomic E-state index is 12.4. The summed E-state index contributed by atoms with van der Waals surface area (Å²) in [7, 11) is 0. The summed E-state index contributed by atoms with van der Waals surface area (Å²) in [6, 6.07) is 8.00. The van der Waals surface area contributed by atoms with Gasteiger partial charge in [-0.05, 0) is 35.6 Å². The second-order valence-electron chi connectivity index (χ2n) is 5.56. The first kappa shape index (κ1) is 15.0. The van der Waals surface area contributed by atoms with Gasteiger partial charge in [0, 0.05) is 5.56 Å². The fourth-order valence-electron chi connectivity index (χ4n) is 2.77. The van der Waals surface area contributed by atoms with Gasteiger partial charge in [-0.3, -0.25) is 4.79 Å². The third-order valence-electron chi connectivity index (χ3n) is 4.06. The molecule has 0 radical (unpaired) electrons. The van der Waals surface area contributed by atoms with Crippen LogP contribution in [0.5, 0.6) is 0 Å². The van der Waals surface area contributed by atoms with Gasteiger partial charge in [-0.1, -0.05) is 29.5 Å². The van der Waals surface area contributed by atoms with Crippen molar-refractivity contribution in [2.24, 2.45) is 5.10 Å². The molecule has 1 aromatic carbocycles. The molecule has 126 valence electrons. The summed E-state index contributed by atoms with van der Waals surface area (Å²) in [6.07, 6.45) is 1.70. The predicted octanol–water partition coefficient (Wildman–Crippen LogP) is 0.621. The van der Waals surface area contributed by atoms with Gasteiger partial charge in [-0.2, -0.15) is 9.78 Å². The Kier molecular flexibility index (Phi) is 3.49. The minimum absolute atomic E-state index is 0.0581. The van der Waals surface area contributed by atoms with Crippen LogP contribution < -0.4 is 11.2 Å². The number of nitrogen functional groups attached to an aromatic ring is 1. The molecule has 0 bridgehead atoms. The number of nitrogens with zero attached hydrogens (tertiary/aromatic N) is 6. The second-order valence-corrected chi connectivity index (χ2v) is 5.56. The molecule has 0 aliphatic heterocycles. The Morgan fingerprint density at radius 2 is 2.16 bits per heavy atom. The first-order valence-corrected chi connectivity index (χ1v) is 7.61. The van der Waals surface area contributed by atoms with Gasteiger partial charge >= 0.3 is 0 Å². The van der Waals surface area contributed by atoms with E-state index < -0.39 is 5.91 Å². The van der Waals surface area contributed by atoms with Gasteiger partial charge < -0.3 is 5.73 Å². The van der Waals surface area contributed by atoms with Crippen LogP contribution in [-0.4, -0.2) is 36.9 Å². The highest BCUT2D eigenvalue weighted by atomic mass is 16.6. The highest BCUT2D eigenvalue weighted by molar-refractivity contribution is 6.05. The molecule has 3 aromatic rings. The average molecular weight is 338 g/mol. The quantitative estimate of drug-likeness (QED) is 0.668. The molecule has 0 fully saturated rings. The molecule has 25 heavy (non-hydrogen) atoms. The van der Waals surface area contributed by atoms with E-state index in [1.807, 2.05) is 18.2 Å². The molecule has 10 heteroatoms. The zero-order chi connectivity index (χ0) is 17.4.